The van der Waals surface area contributed by atoms with Crippen molar-refractivity contribution >= 4 is 0 Å². The molecule has 0 atom stereocenters. The molecule has 0 saturated heterocycles. The van der Waals surface area contributed by atoms with E-state index in [4.69, 9.17) is 19.7 Å². The van der Waals surface area contributed by atoms with Gasteiger partial charge in [-0.15, -0.1) is 0 Å². The van der Waals surface area contributed by atoms with E-state index in [9.17, 15) is 0 Å². The minimum Gasteiger partial charge on any atom is -1.00 e. The van der Waals surface area contributed by atoms with Crippen molar-refractivity contribution in [2.24, 2.45) is 0 Å². The third-order valence-corrected chi connectivity index (χ3v) is 2.15. The maximum atomic E-state index is 8.52. The van der Waals surface area contributed by atoms with Crippen molar-refractivity contribution in [1.82, 2.24) is 0 Å². The van der Waals surface area contributed by atoms with Gasteiger partial charge in [0.25, 0.3) is 0 Å². The maximum absolute atomic E-state index is 8.52. The van der Waals surface area contributed by atoms with Crippen LogP contribution >= 0.6 is 0 Å². The summed E-state index contributed by atoms with van der Waals surface area (Å²) in [6.45, 7) is 4.04. The van der Waals surface area contributed by atoms with Crippen LogP contribution in [0.3, 0.4) is 0 Å². The zero-order valence-electron chi connectivity index (χ0n) is 10.2. The molecule has 0 fully saturated rings. The van der Waals surface area contributed by atoms with Gasteiger partial charge in [-0.25, -0.2) is 0 Å². The molecule has 6 heteroatoms. The average Bonchev–Trinajstić information content (AvgIpc) is 2.20. The van der Waals surface area contributed by atoms with E-state index < -0.39 is 0 Å². The van der Waals surface area contributed by atoms with Crippen molar-refractivity contribution in [1.29, 1.82) is 0 Å². The van der Waals surface area contributed by atoms with Crippen LogP contribution in [0.5, 0.6) is 0 Å². The normalized spacial score (nSPS) is 9.00. The van der Waals surface area contributed by atoms with E-state index in [2.05, 4.69) is 14.1 Å². The van der Waals surface area contributed by atoms with Crippen molar-refractivity contribution in [3.8, 4) is 0 Å². The summed E-state index contributed by atoms with van der Waals surface area (Å²) in [4.78, 5) is 0. The summed E-state index contributed by atoms with van der Waals surface area (Å²) in [5.41, 5.74) is 0. The molecule has 2 N–H and O–H groups in total. The second kappa shape index (κ2) is 24.1. The second-order valence-corrected chi connectivity index (χ2v) is 4.05. The largest absolute Gasteiger partial charge is 1.00 e. The molecule has 0 spiro atoms. The smallest absolute Gasteiger partial charge is 0.102 e. The Kier molecular flexibility index (Phi) is 44.5. The molecule has 0 amide bonds. The molecule has 0 radical (unpaired) electrons. The number of nitrogens with zero attached hydrogens (tertiary/aromatic N) is 1. The minimum atomic E-state index is 0. The Morgan fingerprint density at radius 3 is 1.25 bits per heavy atom. The highest BCUT2D eigenvalue weighted by molar-refractivity contribution is 4.36. The Bertz CT molecular complexity index is 135. The highest BCUT2D eigenvalue weighted by Gasteiger charge is 2.13. The van der Waals surface area contributed by atoms with Crippen molar-refractivity contribution in [3.63, 3.8) is 0 Å². The predicted octanol–water partition coefficient (Wildman–Crippen LogP) is -1.37. The first-order valence-electron chi connectivity index (χ1n) is 5.31. The van der Waals surface area contributed by atoms with Crippen LogP contribution in [-0.4, -0.2) is 81.5 Å². The summed E-state index contributed by atoms with van der Waals surface area (Å²) in [5.74, 6) is 0. The molecule has 0 bridgehead atoms. The summed E-state index contributed by atoms with van der Waals surface area (Å²) in [7, 11) is 4.20. The molecule has 0 rings (SSSR count). The standard InChI is InChI=1S/C10H24NO4.4CH4.ClH/c1-11(2,3-7-14-9-5-12)4-8-15-10-6-13;;;;;/h12-13H,3-10H2,1-2H3;4*1H4;1H/q+1;;;;;/p-1. The van der Waals surface area contributed by atoms with Gasteiger partial charge in [0, 0.05) is 0 Å². The van der Waals surface area contributed by atoms with E-state index in [0.717, 1.165) is 17.6 Å². The van der Waals surface area contributed by atoms with Crippen LogP contribution in [0, 0.1) is 0 Å². The molecule has 0 aliphatic carbocycles. The molecule has 5 nitrogen and oxygen atoms in total. The lowest BCUT2D eigenvalue weighted by molar-refractivity contribution is -0.891. The van der Waals surface area contributed by atoms with Gasteiger partial charge in [0.2, 0.25) is 0 Å². The van der Waals surface area contributed by atoms with E-state index in [0.29, 0.717) is 26.4 Å². The van der Waals surface area contributed by atoms with Gasteiger partial charge in [0.15, 0.2) is 0 Å². The van der Waals surface area contributed by atoms with E-state index in [1.807, 2.05) is 0 Å². The summed E-state index contributed by atoms with van der Waals surface area (Å²) in [6.07, 6.45) is 0. The lowest BCUT2D eigenvalue weighted by Gasteiger charge is -2.29. The molecule has 0 aromatic heterocycles. The average molecular weight is 322 g/mol. The number of rotatable bonds is 10. The fourth-order valence-electron chi connectivity index (χ4n) is 1.07. The molecular formula is C14H40ClNO4. The number of likely N-dealkylation sites (N-methyl/N-ethyl adjacent to an activating group) is 1. The lowest BCUT2D eigenvalue weighted by atomic mass is 10.4. The van der Waals surface area contributed by atoms with Gasteiger partial charge in [-0.05, 0) is 0 Å². The quantitative estimate of drug-likeness (QED) is 0.385. The third-order valence-electron chi connectivity index (χ3n) is 2.15. The summed E-state index contributed by atoms with van der Waals surface area (Å²) in [5, 5.41) is 17.0. The molecule has 0 unspecified atom stereocenters. The van der Waals surface area contributed by atoms with Crippen molar-refractivity contribution in [3.05, 3.63) is 0 Å². The monoisotopic (exact) mass is 321 g/mol. The van der Waals surface area contributed by atoms with Crippen LogP contribution in [0.2, 0.25) is 0 Å². The van der Waals surface area contributed by atoms with Crippen LogP contribution in [0.15, 0.2) is 0 Å². The molecule has 0 aromatic carbocycles. The first-order valence-corrected chi connectivity index (χ1v) is 5.31. The number of hydrogen-bond donors (Lipinski definition) is 2. The fraction of sp³-hybridized carbons (Fsp3) is 1.00. The number of aliphatic hydroxyl groups is 2. The Balaban J connectivity index is -0.0000000980. The van der Waals surface area contributed by atoms with E-state index in [1.54, 1.807) is 0 Å². The molecule has 0 aliphatic rings. The van der Waals surface area contributed by atoms with Gasteiger partial charge in [0.1, 0.15) is 13.1 Å². The van der Waals surface area contributed by atoms with Crippen molar-refractivity contribution < 1.29 is 36.6 Å². The number of aliphatic hydroxyl groups excluding tert-OH is 2. The Hall–Kier alpha value is 0.0900. The highest BCUT2D eigenvalue weighted by Crippen LogP contribution is 1.96. The van der Waals surface area contributed by atoms with Crippen LogP contribution in [0.25, 0.3) is 0 Å². The van der Waals surface area contributed by atoms with Crippen LogP contribution < -0.4 is 12.4 Å². The first kappa shape index (κ1) is 36.9. The molecule has 0 saturated carbocycles. The number of hydrogen-bond acceptors (Lipinski definition) is 4. The fourth-order valence-corrected chi connectivity index (χ4v) is 1.07. The highest BCUT2D eigenvalue weighted by atomic mass is 35.5. The van der Waals surface area contributed by atoms with Gasteiger partial charge in [-0.2, -0.15) is 0 Å². The van der Waals surface area contributed by atoms with Crippen LogP contribution in [-0.2, 0) is 9.47 Å². The Labute approximate surface area is 133 Å². The predicted molar refractivity (Wildman–Crippen MR) is 84.6 cm³/mol. The number of quaternary nitrogens is 1. The molecule has 0 heterocycles. The summed E-state index contributed by atoms with van der Waals surface area (Å²) < 4.78 is 11.2. The van der Waals surface area contributed by atoms with Gasteiger partial charge in [0.05, 0.1) is 53.7 Å². The minimum absolute atomic E-state index is 0. The Morgan fingerprint density at radius 1 is 0.700 bits per heavy atom. The summed E-state index contributed by atoms with van der Waals surface area (Å²) >= 11 is 0. The lowest BCUT2D eigenvalue weighted by Crippen LogP contribution is -3.00. The molecule has 0 aromatic rings. The molecular weight excluding hydrogens is 282 g/mol. The molecule has 132 valence electrons. The molecule has 20 heavy (non-hydrogen) atoms. The van der Waals surface area contributed by atoms with Gasteiger partial charge in [-0.1, -0.05) is 29.7 Å². The van der Waals surface area contributed by atoms with Crippen molar-refractivity contribution in [2.75, 3.05) is 66.8 Å². The van der Waals surface area contributed by atoms with Crippen molar-refractivity contribution in [2.45, 2.75) is 29.7 Å². The maximum Gasteiger partial charge on any atom is 0.102 e. The third kappa shape index (κ3) is 26.6. The van der Waals surface area contributed by atoms with Gasteiger partial charge in [-0.3, -0.25) is 0 Å². The van der Waals surface area contributed by atoms with Gasteiger partial charge >= 0.3 is 0 Å². The van der Waals surface area contributed by atoms with E-state index in [1.165, 1.54) is 0 Å². The summed E-state index contributed by atoms with van der Waals surface area (Å²) in [6, 6.07) is 0. The zero-order chi connectivity index (χ0) is 11.6. The van der Waals surface area contributed by atoms with Crippen LogP contribution in [0.1, 0.15) is 29.7 Å². The SMILES string of the molecule is C.C.C.C.C[N+](C)(CCOCCO)CCOCCO.[Cl-]. The van der Waals surface area contributed by atoms with Crippen LogP contribution in [0.4, 0.5) is 0 Å². The number of ether oxygens (including phenoxy) is 2. The molecule has 0 aliphatic heterocycles. The second-order valence-electron chi connectivity index (χ2n) is 4.05. The van der Waals surface area contributed by atoms with E-state index >= 15 is 0 Å². The topological polar surface area (TPSA) is 58.9 Å². The van der Waals surface area contributed by atoms with Gasteiger partial charge < -0.3 is 36.6 Å². The first-order chi connectivity index (χ1) is 7.12. The number of halogens is 1. The Morgan fingerprint density at radius 2 is 1.00 bits per heavy atom. The van der Waals surface area contributed by atoms with E-state index in [-0.39, 0.29) is 55.3 Å². The zero-order valence-corrected chi connectivity index (χ0v) is 10.9.